The monoisotopic (exact) mass is 531 g/mol. The molecule has 0 saturated carbocycles. The van der Waals surface area contributed by atoms with Crippen LogP contribution in [0.3, 0.4) is 0 Å². The number of hydrogen-bond acceptors (Lipinski definition) is 4. The highest BCUT2D eigenvalue weighted by molar-refractivity contribution is 5.99. The fourth-order valence-corrected chi connectivity index (χ4v) is 4.46. The van der Waals surface area contributed by atoms with Gasteiger partial charge in [-0.2, -0.15) is 0 Å². The standard InChI is InChI=1S/C30H34FN5O3/c1-3-15-36(29(38)23-5-4-6-24(31)20-23)21-28(37)32-25-11-13-27(14-12-25)34-16-18-35(19-17-34)30(39)33-26-9-7-22(2)8-10-26/h4-14,20H,3,15-19,21H2,1-2H3,(H,32,37)(H,33,39). The maximum absolute atomic E-state index is 13.6. The van der Waals surface area contributed by atoms with Crippen LogP contribution < -0.4 is 15.5 Å². The predicted octanol–water partition coefficient (Wildman–Crippen LogP) is 4.98. The minimum absolute atomic E-state index is 0.107. The molecule has 204 valence electrons. The zero-order valence-corrected chi connectivity index (χ0v) is 22.3. The van der Waals surface area contributed by atoms with Crippen LogP contribution in [0.25, 0.3) is 0 Å². The second-order valence-corrected chi connectivity index (χ2v) is 9.60. The van der Waals surface area contributed by atoms with Crippen LogP contribution in [0.1, 0.15) is 29.3 Å². The Balaban J connectivity index is 1.27. The van der Waals surface area contributed by atoms with Crippen LogP contribution in [0.4, 0.5) is 26.2 Å². The zero-order valence-electron chi connectivity index (χ0n) is 22.3. The van der Waals surface area contributed by atoms with E-state index in [2.05, 4.69) is 15.5 Å². The number of nitrogens with zero attached hydrogens (tertiary/aromatic N) is 3. The van der Waals surface area contributed by atoms with Crippen LogP contribution in [0.5, 0.6) is 0 Å². The van der Waals surface area contributed by atoms with Gasteiger partial charge in [0.15, 0.2) is 0 Å². The van der Waals surface area contributed by atoms with Crippen molar-refractivity contribution in [2.45, 2.75) is 20.3 Å². The van der Waals surface area contributed by atoms with Crippen LogP contribution in [0.2, 0.25) is 0 Å². The third-order valence-corrected chi connectivity index (χ3v) is 6.57. The minimum atomic E-state index is -0.492. The van der Waals surface area contributed by atoms with Crippen molar-refractivity contribution in [3.8, 4) is 0 Å². The molecule has 2 N–H and O–H groups in total. The van der Waals surface area contributed by atoms with Crippen LogP contribution in [-0.4, -0.2) is 66.9 Å². The third-order valence-electron chi connectivity index (χ3n) is 6.57. The molecule has 4 amide bonds. The average molecular weight is 532 g/mol. The Morgan fingerprint density at radius 1 is 0.872 bits per heavy atom. The van der Waals surface area contributed by atoms with Crippen molar-refractivity contribution in [3.63, 3.8) is 0 Å². The number of benzene rings is 3. The average Bonchev–Trinajstić information content (AvgIpc) is 2.94. The van der Waals surface area contributed by atoms with E-state index in [1.807, 2.05) is 62.4 Å². The van der Waals surface area contributed by atoms with Gasteiger partial charge in [-0.25, -0.2) is 9.18 Å². The molecule has 0 radical (unpaired) electrons. The van der Waals surface area contributed by atoms with E-state index < -0.39 is 5.82 Å². The van der Waals surface area contributed by atoms with Gasteiger partial charge in [0.25, 0.3) is 5.91 Å². The molecule has 0 bridgehead atoms. The second kappa shape index (κ2) is 12.9. The summed E-state index contributed by atoms with van der Waals surface area (Å²) in [6, 6.07) is 20.6. The van der Waals surface area contributed by atoms with Crippen molar-refractivity contribution in [1.82, 2.24) is 9.80 Å². The zero-order chi connectivity index (χ0) is 27.8. The van der Waals surface area contributed by atoms with Crippen LogP contribution in [-0.2, 0) is 4.79 Å². The number of amides is 4. The van der Waals surface area contributed by atoms with Crippen molar-refractivity contribution in [2.24, 2.45) is 0 Å². The Hall–Kier alpha value is -4.40. The van der Waals surface area contributed by atoms with Crippen LogP contribution >= 0.6 is 0 Å². The molecule has 0 aliphatic carbocycles. The molecule has 0 aromatic heterocycles. The normalized spacial score (nSPS) is 13.1. The molecule has 0 spiro atoms. The summed E-state index contributed by atoms with van der Waals surface area (Å²) in [5, 5.41) is 5.79. The lowest BCUT2D eigenvalue weighted by atomic mass is 10.2. The molecule has 1 fully saturated rings. The summed E-state index contributed by atoms with van der Waals surface area (Å²) in [6.45, 7) is 6.77. The van der Waals surface area contributed by atoms with Crippen molar-refractivity contribution in [1.29, 1.82) is 0 Å². The van der Waals surface area contributed by atoms with Crippen LogP contribution in [0, 0.1) is 12.7 Å². The summed E-state index contributed by atoms with van der Waals surface area (Å²) < 4.78 is 13.6. The lowest BCUT2D eigenvalue weighted by Crippen LogP contribution is -2.50. The molecule has 4 rings (SSSR count). The van der Waals surface area contributed by atoms with Crippen molar-refractivity contribution >= 4 is 34.9 Å². The molecule has 1 aliphatic rings. The molecule has 1 aliphatic heterocycles. The highest BCUT2D eigenvalue weighted by Crippen LogP contribution is 2.20. The fraction of sp³-hybridized carbons (Fsp3) is 0.300. The largest absolute Gasteiger partial charge is 0.368 e. The molecule has 39 heavy (non-hydrogen) atoms. The SMILES string of the molecule is CCCN(CC(=O)Nc1ccc(N2CCN(C(=O)Nc3ccc(C)cc3)CC2)cc1)C(=O)c1cccc(F)c1. The number of nitrogens with one attached hydrogen (secondary N) is 2. The Bertz CT molecular complexity index is 1290. The number of rotatable bonds is 8. The van der Waals surface area contributed by atoms with E-state index >= 15 is 0 Å². The van der Waals surface area contributed by atoms with Gasteiger partial charge in [0.05, 0.1) is 0 Å². The van der Waals surface area contributed by atoms with Crippen molar-refractivity contribution in [3.05, 3.63) is 89.7 Å². The molecular weight excluding hydrogens is 497 g/mol. The van der Waals surface area contributed by atoms with Gasteiger partial charge >= 0.3 is 6.03 Å². The highest BCUT2D eigenvalue weighted by atomic mass is 19.1. The molecule has 3 aromatic rings. The molecule has 3 aromatic carbocycles. The second-order valence-electron chi connectivity index (χ2n) is 9.60. The first-order valence-electron chi connectivity index (χ1n) is 13.1. The number of hydrogen-bond donors (Lipinski definition) is 2. The number of halogens is 1. The summed E-state index contributed by atoms with van der Waals surface area (Å²) in [4.78, 5) is 43.5. The van der Waals surface area contributed by atoms with Crippen molar-refractivity contribution < 1.29 is 18.8 Å². The Morgan fingerprint density at radius 3 is 2.15 bits per heavy atom. The van der Waals surface area contributed by atoms with E-state index in [9.17, 15) is 18.8 Å². The summed E-state index contributed by atoms with van der Waals surface area (Å²) in [5.41, 5.74) is 3.76. The van der Waals surface area contributed by atoms with Gasteiger partial charge in [-0.1, -0.05) is 30.7 Å². The number of carbonyl (C=O) groups excluding carboxylic acids is 3. The van der Waals surface area contributed by atoms with Gasteiger partial charge in [-0.15, -0.1) is 0 Å². The summed E-state index contributed by atoms with van der Waals surface area (Å²) in [7, 11) is 0. The van der Waals surface area contributed by atoms with E-state index in [-0.39, 0.29) is 30.0 Å². The number of piperazine rings is 1. The highest BCUT2D eigenvalue weighted by Gasteiger charge is 2.22. The molecule has 1 saturated heterocycles. The third kappa shape index (κ3) is 7.56. The van der Waals surface area contributed by atoms with Crippen LogP contribution in [0.15, 0.2) is 72.8 Å². The quantitative estimate of drug-likeness (QED) is 0.430. The van der Waals surface area contributed by atoms with Gasteiger partial charge in [0, 0.05) is 55.3 Å². The lowest BCUT2D eigenvalue weighted by Gasteiger charge is -2.36. The molecule has 0 unspecified atom stereocenters. The molecule has 0 atom stereocenters. The lowest BCUT2D eigenvalue weighted by molar-refractivity contribution is -0.116. The number of urea groups is 1. The van der Waals surface area contributed by atoms with Gasteiger partial charge in [-0.05, 0) is 67.9 Å². The van der Waals surface area contributed by atoms with Gasteiger partial charge < -0.3 is 25.3 Å². The summed E-state index contributed by atoms with van der Waals surface area (Å²) >= 11 is 0. The van der Waals surface area contributed by atoms with Gasteiger partial charge in [-0.3, -0.25) is 9.59 Å². The Labute approximate surface area is 228 Å². The summed E-state index contributed by atoms with van der Waals surface area (Å²) in [5.74, 6) is -1.20. The van der Waals surface area contributed by atoms with Gasteiger partial charge in [0.1, 0.15) is 12.4 Å². The first-order chi connectivity index (χ1) is 18.8. The Morgan fingerprint density at radius 2 is 1.51 bits per heavy atom. The smallest absolute Gasteiger partial charge is 0.321 e. The molecule has 8 nitrogen and oxygen atoms in total. The van der Waals surface area contributed by atoms with E-state index in [0.29, 0.717) is 44.8 Å². The summed E-state index contributed by atoms with van der Waals surface area (Å²) in [6.07, 6.45) is 0.671. The maximum atomic E-state index is 13.6. The van der Waals surface area contributed by atoms with E-state index in [1.54, 1.807) is 11.0 Å². The number of aryl methyl sites for hydroxylation is 1. The predicted molar refractivity (Wildman–Crippen MR) is 152 cm³/mol. The fourth-order valence-electron chi connectivity index (χ4n) is 4.46. The van der Waals surface area contributed by atoms with E-state index in [0.717, 1.165) is 16.9 Å². The first kappa shape index (κ1) is 27.6. The number of carbonyl (C=O) groups is 3. The van der Waals surface area contributed by atoms with E-state index in [1.165, 1.54) is 23.1 Å². The van der Waals surface area contributed by atoms with Crippen molar-refractivity contribution in [2.75, 3.05) is 54.8 Å². The number of anilines is 3. The molecular formula is C30H34FN5O3. The topological polar surface area (TPSA) is 85.0 Å². The molecule has 1 heterocycles. The first-order valence-corrected chi connectivity index (χ1v) is 13.1. The minimum Gasteiger partial charge on any atom is -0.368 e. The maximum Gasteiger partial charge on any atom is 0.321 e. The molecule has 9 heteroatoms. The van der Waals surface area contributed by atoms with E-state index in [4.69, 9.17) is 0 Å². The Kier molecular flexibility index (Phi) is 9.14. The van der Waals surface area contributed by atoms with Gasteiger partial charge in [0.2, 0.25) is 5.91 Å².